The molecular weight excluding hydrogens is 200 g/mol. The lowest BCUT2D eigenvalue weighted by Gasteiger charge is -2.03. The van der Waals surface area contributed by atoms with Gasteiger partial charge in [0.15, 0.2) is 0 Å². The molecule has 70 valence electrons. The van der Waals surface area contributed by atoms with Crippen molar-refractivity contribution >= 4 is 27.6 Å². The van der Waals surface area contributed by atoms with Gasteiger partial charge in [0.25, 0.3) is 5.24 Å². The van der Waals surface area contributed by atoms with E-state index in [1.165, 1.54) is 12.1 Å². The van der Waals surface area contributed by atoms with E-state index in [-0.39, 0.29) is 5.75 Å². The zero-order valence-electron chi connectivity index (χ0n) is 7.20. The van der Waals surface area contributed by atoms with E-state index in [0.29, 0.717) is 16.3 Å². The number of halogens is 1. The Labute approximate surface area is 85.7 Å². The number of aromatic hydroxyl groups is 1. The van der Waals surface area contributed by atoms with Gasteiger partial charge in [0, 0.05) is 10.9 Å². The second kappa shape index (κ2) is 3.31. The van der Waals surface area contributed by atoms with Crippen molar-refractivity contribution in [3.63, 3.8) is 0 Å². The Morgan fingerprint density at radius 1 is 1.07 bits per heavy atom. The molecule has 1 N–H and O–H groups in total. The summed E-state index contributed by atoms with van der Waals surface area (Å²) in [7, 11) is 0. The van der Waals surface area contributed by atoms with Gasteiger partial charge in [0.2, 0.25) is 0 Å². The lowest BCUT2D eigenvalue weighted by Crippen LogP contribution is -1.90. The highest BCUT2D eigenvalue weighted by molar-refractivity contribution is 6.68. The van der Waals surface area contributed by atoms with Crippen molar-refractivity contribution in [1.82, 2.24) is 0 Å². The molecular formula is C11H7ClO2. The fourth-order valence-electron chi connectivity index (χ4n) is 1.45. The first-order valence-electron chi connectivity index (χ1n) is 4.10. The predicted molar refractivity (Wildman–Crippen MR) is 55.8 cm³/mol. The molecule has 0 atom stereocenters. The zero-order chi connectivity index (χ0) is 10.1. The van der Waals surface area contributed by atoms with Crippen molar-refractivity contribution < 1.29 is 9.90 Å². The summed E-state index contributed by atoms with van der Waals surface area (Å²) in [6, 6.07) is 10.1. The molecule has 0 amide bonds. The minimum atomic E-state index is -0.513. The number of fused-ring (bicyclic) bond motifs is 1. The fourth-order valence-corrected chi connectivity index (χ4v) is 1.62. The van der Waals surface area contributed by atoms with Crippen LogP contribution in [0.1, 0.15) is 10.4 Å². The van der Waals surface area contributed by atoms with Crippen LogP contribution in [-0.2, 0) is 0 Å². The summed E-state index contributed by atoms with van der Waals surface area (Å²) in [6.45, 7) is 0. The molecule has 0 radical (unpaired) electrons. The van der Waals surface area contributed by atoms with E-state index in [1.807, 2.05) is 0 Å². The van der Waals surface area contributed by atoms with Gasteiger partial charge in [-0.15, -0.1) is 0 Å². The maximum Gasteiger partial charge on any atom is 0.253 e. The van der Waals surface area contributed by atoms with E-state index in [1.54, 1.807) is 24.3 Å². The second-order valence-electron chi connectivity index (χ2n) is 2.95. The Hall–Kier alpha value is -1.54. The van der Waals surface area contributed by atoms with E-state index in [9.17, 15) is 9.90 Å². The maximum atomic E-state index is 11.1. The molecule has 0 aliphatic carbocycles. The van der Waals surface area contributed by atoms with Crippen molar-refractivity contribution in [2.75, 3.05) is 0 Å². The van der Waals surface area contributed by atoms with E-state index in [0.717, 1.165) is 0 Å². The average Bonchev–Trinajstić information content (AvgIpc) is 2.18. The standard InChI is InChI=1S/C11H7ClO2/c12-11(14)9-5-6-10(13)8-4-2-1-3-7(8)9/h1-6,13H. The zero-order valence-corrected chi connectivity index (χ0v) is 7.95. The number of hydrogen-bond donors (Lipinski definition) is 1. The quantitative estimate of drug-likeness (QED) is 0.729. The summed E-state index contributed by atoms with van der Waals surface area (Å²) < 4.78 is 0. The number of carbonyl (C=O) groups is 1. The summed E-state index contributed by atoms with van der Waals surface area (Å²) in [6.07, 6.45) is 0. The lowest BCUT2D eigenvalue weighted by molar-refractivity contribution is 0.108. The van der Waals surface area contributed by atoms with E-state index >= 15 is 0 Å². The first-order valence-corrected chi connectivity index (χ1v) is 4.48. The van der Waals surface area contributed by atoms with E-state index < -0.39 is 5.24 Å². The molecule has 0 fully saturated rings. The van der Waals surface area contributed by atoms with Crippen LogP contribution in [0.2, 0.25) is 0 Å². The van der Waals surface area contributed by atoms with Gasteiger partial charge in [-0.2, -0.15) is 0 Å². The minimum absolute atomic E-state index is 0.155. The first kappa shape index (κ1) is 9.03. The van der Waals surface area contributed by atoms with Crippen LogP contribution in [0.3, 0.4) is 0 Å². The Balaban J connectivity index is 2.88. The summed E-state index contributed by atoms with van der Waals surface area (Å²) in [5.74, 6) is 0.155. The van der Waals surface area contributed by atoms with Crippen molar-refractivity contribution in [3.8, 4) is 5.75 Å². The highest BCUT2D eigenvalue weighted by Gasteiger charge is 2.08. The summed E-state index contributed by atoms with van der Waals surface area (Å²) >= 11 is 5.41. The molecule has 2 rings (SSSR count). The summed E-state index contributed by atoms with van der Waals surface area (Å²) in [5.41, 5.74) is 0.417. The van der Waals surface area contributed by atoms with Gasteiger partial charge in [-0.1, -0.05) is 24.3 Å². The van der Waals surface area contributed by atoms with Gasteiger partial charge in [-0.05, 0) is 29.1 Å². The van der Waals surface area contributed by atoms with Gasteiger partial charge in [0.05, 0.1) is 0 Å². The molecule has 0 saturated heterocycles. The van der Waals surface area contributed by atoms with Crippen molar-refractivity contribution in [2.24, 2.45) is 0 Å². The number of phenols is 1. The summed E-state index contributed by atoms with van der Waals surface area (Å²) in [4.78, 5) is 11.1. The lowest BCUT2D eigenvalue weighted by atomic mass is 10.0. The van der Waals surface area contributed by atoms with E-state index in [2.05, 4.69) is 0 Å². The molecule has 0 aliphatic heterocycles. The van der Waals surface area contributed by atoms with Gasteiger partial charge in [-0.3, -0.25) is 4.79 Å². The van der Waals surface area contributed by atoms with Crippen LogP contribution in [0, 0.1) is 0 Å². The predicted octanol–water partition coefficient (Wildman–Crippen LogP) is 2.92. The van der Waals surface area contributed by atoms with Crippen LogP contribution >= 0.6 is 11.6 Å². The van der Waals surface area contributed by atoms with E-state index in [4.69, 9.17) is 11.6 Å². The molecule has 0 heterocycles. The molecule has 0 aromatic heterocycles. The monoisotopic (exact) mass is 206 g/mol. The normalized spacial score (nSPS) is 10.4. The molecule has 2 nitrogen and oxygen atoms in total. The molecule has 2 aromatic carbocycles. The minimum Gasteiger partial charge on any atom is -0.507 e. The highest BCUT2D eigenvalue weighted by Crippen LogP contribution is 2.27. The summed E-state index contributed by atoms with van der Waals surface area (Å²) in [5, 5.41) is 10.3. The van der Waals surface area contributed by atoms with Crippen molar-refractivity contribution in [1.29, 1.82) is 0 Å². The third kappa shape index (κ3) is 1.34. The first-order chi connectivity index (χ1) is 6.70. The Morgan fingerprint density at radius 2 is 1.71 bits per heavy atom. The van der Waals surface area contributed by atoms with Crippen LogP contribution in [0.15, 0.2) is 36.4 Å². The Kier molecular flexibility index (Phi) is 2.14. The molecule has 0 aliphatic rings. The SMILES string of the molecule is O=C(Cl)c1ccc(O)c2ccccc12. The number of benzene rings is 2. The van der Waals surface area contributed by atoms with Crippen molar-refractivity contribution in [3.05, 3.63) is 42.0 Å². The molecule has 0 unspecified atom stereocenters. The highest BCUT2D eigenvalue weighted by atomic mass is 35.5. The molecule has 2 aromatic rings. The van der Waals surface area contributed by atoms with Crippen LogP contribution in [0.25, 0.3) is 10.8 Å². The second-order valence-corrected chi connectivity index (χ2v) is 3.29. The van der Waals surface area contributed by atoms with Crippen LogP contribution in [-0.4, -0.2) is 10.3 Å². The number of rotatable bonds is 1. The van der Waals surface area contributed by atoms with Gasteiger partial charge < -0.3 is 5.11 Å². The Bertz CT molecular complexity index is 506. The number of phenolic OH excluding ortho intramolecular Hbond substituents is 1. The van der Waals surface area contributed by atoms with Gasteiger partial charge in [-0.25, -0.2) is 0 Å². The van der Waals surface area contributed by atoms with Crippen molar-refractivity contribution in [2.45, 2.75) is 0 Å². The maximum absolute atomic E-state index is 11.1. The van der Waals surface area contributed by atoms with Gasteiger partial charge in [0.1, 0.15) is 5.75 Å². The average molecular weight is 207 g/mol. The third-order valence-corrected chi connectivity index (χ3v) is 2.32. The van der Waals surface area contributed by atoms with Crippen LogP contribution in [0.5, 0.6) is 5.75 Å². The number of hydrogen-bond acceptors (Lipinski definition) is 2. The molecule has 0 saturated carbocycles. The topological polar surface area (TPSA) is 37.3 Å². The number of carbonyl (C=O) groups excluding carboxylic acids is 1. The van der Waals surface area contributed by atoms with Crippen LogP contribution < -0.4 is 0 Å². The fraction of sp³-hybridized carbons (Fsp3) is 0. The van der Waals surface area contributed by atoms with Gasteiger partial charge >= 0.3 is 0 Å². The Morgan fingerprint density at radius 3 is 2.36 bits per heavy atom. The largest absolute Gasteiger partial charge is 0.507 e. The smallest absolute Gasteiger partial charge is 0.253 e. The molecule has 14 heavy (non-hydrogen) atoms. The molecule has 3 heteroatoms. The third-order valence-electron chi connectivity index (χ3n) is 2.11. The van der Waals surface area contributed by atoms with Crippen LogP contribution in [0.4, 0.5) is 0 Å². The molecule has 0 bridgehead atoms. The molecule has 0 spiro atoms.